The van der Waals surface area contributed by atoms with Crippen molar-refractivity contribution in [3.05, 3.63) is 0 Å². The second-order valence-corrected chi connectivity index (χ2v) is 5.48. The van der Waals surface area contributed by atoms with Crippen molar-refractivity contribution in [1.82, 2.24) is 15.5 Å². The molecule has 1 fully saturated rings. The molecule has 0 saturated carbocycles. The summed E-state index contributed by atoms with van der Waals surface area (Å²) in [7, 11) is 0. The fraction of sp³-hybridized carbons (Fsp3) is 0.786. The highest BCUT2D eigenvalue weighted by atomic mass is 16.4. The number of hydrogen-bond acceptors (Lipinski definition) is 3. The fourth-order valence-corrected chi connectivity index (χ4v) is 2.21. The third-order valence-electron chi connectivity index (χ3n) is 3.71. The molecule has 1 heterocycles. The molecule has 0 aliphatic carbocycles. The lowest BCUT2D eigenvalue weighted by molar-refractivity contribution is -0.143. The lowest BCUT2D eigenvalue weighted by Gasteiger charge is -2.30. The molecule has 7 nitrogen and oxygen atoms in total. The molecule has 0 aromatic rings. The van der Waals surface area contributed by atoms with Gasteiger partial charge in [-0.1, -0.05) is 6.92 Å². The Morgan fingerprint density at radius 1 is 1.38 bits per heavy atom. The summed E-state index contributed by atoms with van der Waals surface area (Å²) in [5.74, 6) is -1.44. The SMILES string of the molecule is CCC(C)NC(=O)CCNC(=O)N1CCC[C@H](C(=O)O)C1. The molecule has 0 aromatic heterocycles. The average Bonchev–Trinajstić information content (AvgIpc) is 2.46. The molecule has 3 amide bonds. The molecule has 7 heteroatoms. The van der Waals surface area contributed by atoms with E-state index in [0.29, 0.717) is 19.4 Å². The summed E-state index contributed by atoms with van der Waals surface area (Å²) in [6.45, 7) is 4.97. The van der Waals surface area contributed by atoms with Gasteiger partial charge in [0, 0.05) is 32.1 Å². The summed E-state index contributed by atoms with van der Waals surface area (Å²) < 4.78 is 0. The number of hydrogen-bond donors (Lipinski definition) is 3. The normalized spacial score (nSPS) is 19.7. The van der Waals surface area contributed by atoms with Crippen molar-refractivity contribution in [2.75, 3.05) is 19.6 Å². The van der Waals surface area contributed by atoms with Gasteiger partial charge >= 0.3 is 12.0 Å². The number of carboxylic acid groups (broad SMARTS) is 1. The quantitative estimate of drug-likeness (QED) is 0.675. The maximum Gasteiger partial charge on any atom is 0.317 e. The molecule has 0 bridgehead atoms. The summed E-state index contributed by atoms with van der Waals surface area (Å²) in [5.41, 5.74) is 0. The Labute approximate surface area is 125 Å². The Balaban J connectivity index is 2.27. The average molecular weight is 299 g/mol. The molecular formula is C14H25N3O4. The molecule has 120 valence electrons. The number of nitrogens with zero attached hydrogens (tertiary/aromatic N) is 1. The predicted octanol–water partition coefficient (Wildman–Crippen LogP) is 0.797. The van der Waals surface area contributed by atoms with E-state index < -0.39 is 11.9 Å². The van der Waals surface area contributed by atoms with Crippen LogP contribution in [-0.2, 0) is 9.59 Å². The Morgan fingerprint density at radius 2 is 2.10 bits per heavy atom. The number of aliphatic carboxylic acids is 1. The Hall–Kier alpha value is -1.79. The highest BCUT2D eigenvalue weighted by Gasteiger charge is 2.27. The lowest BCUT2D eigenvalue weighted by atomic mass is 9.99. The van der Waals surface area contributed by atoms with Crippen molar-refractivity contribution in [1.29, 1.82) is 0 Å². The third-order valence-corrected chi connectivity index (χ3v) is 3.71. The minimum absolute atomic E-state index is 0.0910. The van der Waals surface area contributed by atoms with Gasteiger partial charge in [0.1, 0.15) is 0 Å². The van der Waals surface area contributed by atoms with Crippen LogP contribution in [0.1, 0.15) is 39.5 Å². The zero-order valence-electron chi connectivity index (χ0n) is 12.7. The molecule has 1 rings (SSSR count). The smallest absolute Gasteiger partial charge is 0.317 e. The second-order valence-electron chi connectivity index (χ2n) is 5.48. The van der Waals surface area contributed by atoms with Gasteiger partial charge in [-0.2, -0.15) is 0 Å². The summed E-state index contributed by atoms with van der Waals surface area (Å²) in [4.78, 5) is 35.9. The standard InChI is InChI=1S/C14H25N3O4/c1-3-10(2)16-12(18)6-7-15-14(21)17-8-4-5-11(9-17)13(19)20/h10-11H,3-9H2,1-2H3,(H,15,21)(H,16,18)(H,19,20)/t10?,11-/m0/s1. The first-order valence-electron chi connectivity index (χ1n) is 7.49. The monoisotopic (exact) mass is 299 g/mol. The first kappa shape index (κ1) is 17.3. The zero-order chi connectivity index (χ0) is 15.8. The van der Waals surface area contributed by atoms with E-state index in [1.54, 1.807) is 0 Å². The number of rotatable bonds is 6. The molecule has 1 unspecified atom stereocenters. The van der Waals surface area contributed by atoms with Gasteiger partial charge < -0.3 is 20.6 Å². The minimum atomic E-state index is -0.861. The number of carbonyl (C=O) groups excluding carboxylic acids is 2. The van der Waals surface area contributed by atoms with E-state index in [1.807, 2.05) is 13.8 Å². The minimum Gasteiger partial charge on any atom is -0.481 e. The van der Waals surface area contributed by atoms with E-state index in [4.69, 9.17) is 5.11 Å². The van der Waals surface area contributed by atoms with E-state index in [0.717, 1.165) is 6.42 Å². The van der Waals surface area contributed by atoms with Crippen LogP contribution in [-0.4, -0.2) is 53.6 Å². The van der Waals surface area contributed by atoms with E-state index in [1.165, 1.54) is 4.90 Å². The van der Waals surface area contributed by atoms with Gasteiger partial charge in [-0.05, 0) is 26.2 Å². The van der Waals surface area contributed by atoms with Gasteiger partial charge in [0.15, 0.2) is 0 Å². The van der Waals surface area contributed by atoms with Crippen LogP contribution in [0.15, 0.2) is 0 Å². The number of carboxylic acids is 1. The highest BCUT2D eigenvalue weighted by molar-refractivity contribution is 5.79. The van der Waals surface area contributed by atoms with Crippen LogP contribution < -0.4 is 10.6 Å². The van der Waals surface area contributed by atoms with Crippen LogP contribution in [0.2, 0.25) is 0 Å². The zero-order valence-corrected chi connectivity index (χ0v) is 12.7. The molecule has 1 aliphatic rings. The molecule has 21 heavy (non-hydrogen) atoms. The summed E-state index contributed by atoms with van der Waals surface area (Å²) in [6, 6.07) is -0.163. The molecule has 0 radical (unpaired) electrons. The van der Waals surface area contributed by atoms with Crippen molar-refractivity contribution in [3.8, 4) is 0 Å². The van der Waals surface area contributed by atoms with Gasteiger partial charge in [-0.15, -0.1) is 0 Å². The van der Waals surface area contributed by atoms with Crippen LogP contribution in [0.3, 0.4) is 0 Å². The number of likely N-dealkylation sites (tertiary alicyclic amines) is 1. The van der Waals surface area contributed by atoms with Crippen LogP contribution in [0, 0.1) is 5.92 Å². The molecule has 0 aromatic carbocycles. The van der Waals surface area contributed by atoms with E-state index in [-0.39, 0.29) is 37.5 Å². The third kappa shape index (κ3) is 6.01. The molecular weight excluding hydrogens is 274 g/mol. The number of carbonyl (C=O) groups is 3. The van der Waals surface area contributed by atoms with Gasteiger partial charge in [0.2, 0.25) is 5.91 Å². The lowest BCUT2D eigenvalue weighted by Crippen LogP contribution is -2.47. The van der Waals surface area contributed by atoms with Crippen molar-refractivity contribution >= 4 is 17.9 Å². The van der Waals surface area contributed by atoms with Gasteiger partial charge in [0.05, 0.1) is 5.92 Å². The number of piperidine rings is 1. The van der Waals surface area contributed by atoms with Crippen LogP contribution >= 0.6 is 0 Å². The van der Waals surface area contributed by atoms with Gasteiger partial charge in [0.25, 0.3) is 0 Å². The second kappa shape index (κ2) is 8.49. The summed E-state index contributed by atoms with van der Waals surface area (Å²) >= 11 is 0. The van der Waals surface area contributed by atoms with E-state index in [9.17, 15) is 14.4 Å². The number of amides is 3. The number of nitrogens with one attached hydrogen (secondary N) is 2. The Morgan fingerprint density at radius 3 is 2.71 bits per heavy atom. The predicted molar refractivity (Wildman–Crippen MR) is 77.8 cm³/mol. The maximum atomic E-state index is 11.9. The van der Waals surface area contributed by atoms with Crippen molar-refractivity contribution in [3.63, 3.8) is 0 Å². The van der Waals surface area contributed by atoms with Crippen molar-refractivity contribution in [2.45, 2.75) is 45.6 Å². The van der Waals surface area contributed by atoms with Gasteiger partial charge in [-0.25, -0.2) is 4.79 Å². The first-order chi connectivity index (χ1) is 9.93. The molecule has 3 N–H and O–H groups in total. The van der Waals surface area contributed by atoms with Crippen LogP contribution in [0.25, 0.3) is 0 Å². The topological polar surface area (TPSA) is 98.7 Å². The van der Waals surface area contributed by atoms with Crippen molar-refractivity contribution < 1.29 is 19.5 Å². The largest absolute Gasteiger partial charge is 0.481 e. The number of urea groups is 1. The van der Waals surface area contributed by atoms with Gasteiger partial charge in [-0.3, -0.25) is 9.59 Å². The molecule has 1 aliphatic heterocycles. The first-order valence-corrected chi connectivity index (χ1v) is 7.49. The van der Waals surface area contributed by atoms with Crippen LogP contribution in [0.4, 0.5) is 4.79 Å². The van der Waals surface area contributed by atoms with Crippen LogP contribution in [0.5, 0.6) is 0 Å². The summed E-state index contributed by atoms with van der Waals surface area (Å²) in [5, 5.41) is 14.5. The Kier molecular flexibility index (Phi) is 6.98. The molecule has 0 spiro atoms. The highest BCUT2D eigenvalue weighted by Crippen LogP contribution is 2.16. The molecule has 2 atom stereocenters. The summed E-state index contributed by atoms with van der Waals surface area (Å²) in [6.07, 6.45) is 2.39. The van der Waals surface area contributed by atoms with E-state index in [2.05, 4.69) is 10.6 Å². The van der Waals surface area contributed by atoms with Crippen molar-refractivity contribution in [2.24, 2.45) is 5.92 Å². The molecule has 1 saturated heterocycles. The van der Waals surface area contributed by atoms with E-state index >= 15 is 0 Å². The Bertz CT molecular complexity index is 386. The maximum absolute atomic E-state index is 11.9. The fourth-order valence-electron chi connectivity index (χ4n) is 2.21.